The minimum absolute atomic E-state index is 0.134. The lowest BCUT2D eigenvalue weighted by Crippen LogP contribution is -2.13. The predicted octanol–water partition coefficient (Wildman–Crippen LogP) is 3.81. The lowest BCUT2D eigenvalue weighted by molar-refractivity contribution is -0.146. The summed E-state index contributed by atoms with van der Waals surface area (Å²) >= 11 is 0. The Morgan fingerprint density at radius 3 is 2.64 bits per heavy atom. The molecule has 2 aliphatic rings. The fourth-order valence-electron chi connectivity index (χ4n) is 2.71. The van der Waals surface area contributed by atoms with Gasteiger partial charge in [-0.1, -0.05) is 42.5 Å². The first-order chi connectivity index (χ1) is 10.7. The molecule has 0 amide bonds. The van der Waals surface area contributed by atoms with Crippen molar-refractivity contribution in [3.8, 4) is 11.1 Å². The van der Waals surface area contributed by atoms with E-state index in [0.717, 1.165) is 18.4 Å². The standard InChI is InChI=1S/C19H18O3/c1-12-7-8-14(11-16(12)13-5-3-2-4-6-13)17-18(22-17)19(20)21-15-9-10-15/h2-8,11,15,17-18H,9-10H2,1H3. The van der Waals surface area contributed by atoms with Crippen LogP contribution in [0.1, 0.15) is 30.1 Å². The summed E-state index contributed by atoms with van der Waals surface area (Å²) in [7, 11) is 0. The molecule has 3 nitrogen and oxygen atoms in total. The van der Waals surface area contributed by atoms with Crippen LogP contribution in [0.25, 0.3) is 11.1 Å². The van der Waals surface area contributed by atoms with Crippen LogP contribution in [0.4, 0.5) is 0 Å². The summed E-state index contributed by atoms with van der Waals surface area (Å²) in [6.07, 6.45) is 1.54. The first-order valence-corrected chi connectivity index (χ1v) is 7.74. The minimum atomic E-state index is -0.424. The normalized spacial score (nSPS) is 23.1. The first-order valence-electron chi connectivity index (χ1n) is 7.74. The van der Waals surface area contributed by atoms with Crippen molar-refractivity contribution in [3.63, 3.8) is 0 Å². The molecule has 3 heteroatoms. The number of rotatable bonds is 4. The molecular weight excluding hydrogens is 276 g/mol. The molecule has 0 spiro atoms. The van der Waals surface area contributed by atoms with E-state index in [2.05, 4.69) is 31.2 Å². The summed E-state index contributed by atoms with van der Waals surface area (Å²) in [5, 5.41) is 0. The number of hydrogen-bond donors (Lipinski definition) is 0. The minimum Gasteiger partial charge on any atom is -0.460 e. The van der Waals surface area contributed by atoms with Gasteiger partial charge in [-0.2, -0.15) is 0 Å². The molecule has 2 aromatic rings. The Morgan fingerprint density at radius 2 is 1.91 bits per heavy atom. The number of carbonyl (C=O) groups is 1. The summed E-state index contributed by atoms with van der Waals surface area (Å²) < 4.78 is 10.9. The lowest BCUT2D eigenvalue weighted by atomic mass is 9.96. The summed E-state index contributed by atoms with van der Waals surface area (Å²) in [6, 6.07) is 16.5. The Bertz CT molecular complexity index is 704. The number of benzene rings is 2. The molecule has 4 rings (SSSR count). The number of aryl methyl sites for hydroxylation is 1. The second kappa shape index (κ2) is 5.25. The van der Waals surface area contributed by atoms with Crippen LogP contribution in [0.3, 0.4) is 0 Å². The highest BCUT2D eigenvalue weighted by Crippen LogP contribution is 2.42. The van der Waals surface area contributed by atoms with Gasteiger partial charge in [0.2, 0.25) is 0 Å². The van der Waals surface area contributed by atoms with Gasteiger partial charge in [0.05, 0.1) is 0 Å². The van der Waals surface area contributed by atoms with Gasteiger partial charge < -0.3 is 9.47 Å². The third-order valence-electron chi connectivity index (χ3n) is 4.21. The maximum Gasteiger partial charge on any atom is 0.338 e. The van der Waals surface area contributed by atoms with Crippen LogP contribution in [0.15, 0.2) is 48.5 Å². The van der Waals surface area contributed by atoms with Crippen molar-refractivity contribution in [2.45, 2.75) is 38.1 Å². The fraction of sp³-hybridized carbons (Fsp3) is 0.316. The third-order valence-corrected chi connectivity index (χ3v) is 4.21. The molecule has 0 aromatic heterocycles. The Balaban J connectivity index is 1.55. The third kappa shape index (κ3) is 2.64. The quantitative estimate of drug-likeness (QED) is 0.636. The van der Waals surface area contributed by atoms with E-state index >= 15 is 0 Å². The van der Waals surface area contributed by atoms with Crippen molar-refractivity contribution >= 4 is 5.97 Å². The van der Waals surface area contributed by atoms with Crippen molar-refractivity contribution in [1.82, 2.24) is 0 Å². The van der Waals surface area contributed by atoms with Crippen molar-refractivity contribution in [2.24, 2.45) is 0 Å². The Morgan fingerprint density at radius 1 is 1.14 bits per heavy atom. The van der Waals surface area contributed by atoms with Crippen LogP contribution < -0.4 is 0 Å². The molecule has 1 heterocycles. The van der Waals surface area contributed by atoms with Crippen molar-refractivity contribution in [2.75, 3.05) is 0 Å². The second-order valence-electron chi connectivity index (χ2n) is 6.05. The molecule has 2 aromatic carbocycles. The maximum atomic E-state index is 11.9. The van der Waals surface area contributed by atoms with Gasteiger partial charge in [-0.05, 0) is 48.1 Å². The van der Waals surface area contributed by atoms with Gasteiger partial charge in [-0.3, -0.25) is 0 Å². The van der Waals surface area contributed by atoms with Gasteiger partial charge in [0.1, 0.15) is 12.2 Å². The van der Waals surface area contributed by atoms with Crippen LogP contribution in [-0.2, 0) is 14.3 Å². The molecule has 0 radical (unpaired) electrons. The van der Waals surface area contributed by atoms with E-state index in [1.165, 1.54) is 16.7 Å². The number of hydrogen-bond acceptors (Lipinski definition) is 3. The molecule has 1 aliphatic carbocycles. The average Bonchev–Trinajstić information content (AvgIpc) is 3.43. The van der Waals surface area contributed by atoms with Crippen LogP contribution in [-0.4, -0.2) is 18.2 Å². The zero-order valence-electron chi connectivity index (χ0n) is 12.5. The van der Waals surface area contributed by atoms with Gasteiger partial charge in [-0.15, -0.1) is 0 Å². The predicted molar refractivity (Wildman–Crippen MR) is 83.3 cm³/mol. The van der Waals surface area contributed by atoms with E-state index < -0.39 is 6.10 Å². The van der Waals surface area contributed by atoms with Crippen LogP contribution in [0.2, 0.25) is 0 Å². The maximum absolute atomic E-state index is 11.9. The highest BCUT2D eigenvalue weighted by atomic mass is 16.6. The fourth-order valence-corrected chi connectivity index (χ4v) is 2.71. The van der Waals surface area contributed by atoms with Crippen LogP contribution in [0, 0.1) is 6.92 Å². The van der Waals surface area contributed by atoms with Crippen LogP contribution in [0.5, 0.6) is 0 Å². The van der Waals surface area contributed by atoms with Crippen molar-refractivity contribution < 1.29 is 14.3 Å². The smallest absolute Gasteiger partial charge is 0.338 e. The monoisotopic (exact) mass is 294 g/mol. The van der Waals surface area contributed by atoms with Gasteiger partial charge in [0.15, 0.2) is 6.10 Å². The topological polar surface area (TPSA) is 38.8 Å². The van der Waals surface area contributed by atoms with E-state index in [1.807, 2.05) is 24.3 Å². The largest absolute Gasteiger partial charge is 0.460 e. The first kappa shape index (κ1) is 13.5. The number of ether oxygens (including phenoxy) is 2. The SMILES string of the molecule is Cc1ccc(C2OC2C(=O)OC2CC2)cc1-c1ccccc1. The summed E-state index contributed by atoms with van der Waals surface area (Å²) in [5.41, 5.74) is 4.62. The van der Waals surface area contributed by atoms with E-state index in [-0.39, 0.29) is 18.2 Å². The number of epoxide rings is 1. The molecule has 1 aliphatic heterocycles. The van der Waals surface area contributed by atoms with E-state index in [4.69, 9.17) is 9.47 Å². The molecule has 1 saturated carbocycles. The molecule has 0 N–H and O–H groups in total. The van der Waals surface area contributed by atoms with Crippen molar-refractivity contribution in [3.05, 3.63) is 59.7 Å². The molecule has 0 bridgehead atoms. The van der Waals surface area contributed by atoms with E-state index in [0.29, 0.717) is 0 Å². The van der Waals surface area contributed by atoms with Gasteiger partial charge in [-0.25, -0.2) is 4.79 Å². The van der Waals surface area contributed by atoms with E-state index in [9.17, 15) is 4.79 Å². The Hall–Kier alpha value is -2.13. The Kier molecular flexibility index (Phi) is 3.23. The zero-order valence-corrected chi connectivity index (χ0v) is 12.5. The molecule has 2 atom stereocenters. The molecular formula is C19H18O3. The van der Waals surface area contributed by atoms with Crippen molar-refractivity contribution in [1.29, 1.82) is 0 Å². The molecule has 112 valence electrons. The van der Waals surface area contributed by atoms with Gasteiger partial charge in [0.25, 0.3) is 0 Å². The molecule has 2 fully saturated rings. The summed E-state index contributed by atoms with van der Waals surface area (Å²) in [4.78, 5) is 11.9. The van der Waals surface area contributed by atoms with Crippen LogP contribution >= 0.6 is 0 Å². The van der Waals surface area contributed by atoms with E-state index in [1.54, 1.807) is 0 Å². The number of carbonyl (C=O) groups excluding carboxylic acids is 1. The Labute approximate surface area is 129 Å². The second-order valence-corrected chi connectivity index (χ2v) is 6.05. The highest BCUT2D eigenvalue weighted by molar-refractivity contribution is 5.79. The molecule has 22 heavy (non-hydrogen) atoms. The summed E-state index contributed by atoms with van der Waals surface area (Å²) in [5.74, 6) is -0.214. The van der Waals surface area contributed by atoms with Gasteiger partial charge >= 0.3 is 5.97 Å². The lowest BCUT2D eigenvalue weighted by Gasteiger charge is -2.08. The summed E-state index contributed by atoms with van der Waals surface area (Å²) in [6.45, 7) is 2.10. The number of esters is 1. The molecule has 1 saturated heterocycles. The van der Waals surface area contributed by atoms with Gasteiger partial charge in [0, 0.05) is 0 Å². The molecule has 2 unspecified atom stereocenters. The average molecular weight is 294 g/mol. The highest BCUT2D eigenvalue weighted by Gasteiger charge is 2.48. The zero-order chi connectivity index (χ0) is 15.1.